The molecular weight excluding hydrogens is 433 g/mol. The predicted octanol–water partition coefficient (Wildman–Crippen LogP) is 3.38. The van der Waals surface area contributed by atoms with Gasteiger partial charge in [-0.1, -0.05) is 23.7 Å². The van der Waals surface area contributed by atoms with Gasteiger partial charge in [0.1, 0.15) is 6.54 Å². The fourth-order valence-corrected chi connectivity index (χ4v) is 3.54. The van der Waals surface area contributed by atoms with Crippen LogP contribution in [0.4, 0.5) is 19.0 Å². The molecule has 0 aliphatic rings. The smallest absolute Gasteiger partial charge is 0.343 e. The van der Waals surface area contributed by atoms with Crippen molar-refractivity contribution in [1.82, 2.24) is 15.3 Å². The van der Waals surface area contributed by atoms with E-state index in [1.807, 2.05) is 0 Å². The number of rotatable bonds is 5. The van der Waals surface area contributed by atoms with E-state index in [1.54, 1.807) is 29.6 Å². The van der Waals surface area contributed by atoms with E-state index in [2.05, 4.69) is 14.7 Å². The maximum absolute atomic E-state index is 12.5. The van der Waals surface area contributed by atoms with Crippen LogP contribution in [0.25, 0.3) is 11.0 Å². The van der Waals surface area contributed by atoms with Crippen LogP contribution in [0.3, 0.4) is 0 Å². The largest absolute Gasteiger partial charge is 0.405 e. The lowest BCUT2D eigenvalue weighted by Crippen LogP contribution is -2.33. The van der Waals surface area contributed by atoms with Gasteiger partial charge in [0.05, 0.1) is 15.9 Å². The maximum Gasteiger partial charge on any atom is 0.405 e. The Hall–Kier alpha value is -2.92. The molecule has 3 aromatic rings. The normalized spacial score (nSPS) is 12.0. The second-order valence-electron chi connectivity index (χ2n) is 5.78. The minimum atomic E-state index is -4.55. The minimum absolute atomic E-state index is 0.128. The average molecular weight is 445 g/mol. The molecular formula is C17H12ClF3N4O3S. The monoisotopic (exact) mass is 444 g/mol. The summed E-state index contributed by atoms with van der Waals surface area (Å²) in [7, 11) is -4.13. The van der Waals surface area contributed by atoms with E-state index in [9.17, 15) is 26.4 Å². The molecule has 0 fully saturated rings. The van der Waals surface area contributed by atoms with Crippen molar-refractivity contribution in [3.8, 4) is 0 Å². The highest BCUT2D eigenvalue weighted by molar-refractivity contribution is 7.92. The first-order valence-corrected chi connectivity index (χ1v) is 9.81. The van der Waals surface area contributed by atoms with Gasteiger partial charge in [0.15, 0.2) is 11.0 Å². The molecule has 0 spiro atoms. The number of alkyl halides is 3. The Labute approximate surface area is 168 Å². The molecule has 29 heavy (non-hydrogen) atoms. The fraction of sp³-hybridized carbons (Fsp3) is 0.118. The van der Waals surface area contributed by atoms with Crippen LogP contribution in [0, 0.1) is 0 Å². The number of hydrogen-bond acceptors (Lipinski definition) is 5. The number of fused-ring (bicyclic) bond motifs is 1. The molecule has 0 bridgehead atoms. The topological polar surface area (TPSA) is 101 Å². The highest BCUT2D eigenvalue weighted by Gasteiger charge is 2.28. The van der Waals surface area contributed by atoms with Gasteiger partial charge in [0, 0.05) is 5.56 Å². The Morgan fingerprint density at radius 1 is 1.00 bits per heavy atom. The summed E-state index contributed by atoms with van der Waals surface area (Å²) >= 11 is 5.99. The summed E-state index contributed by atoms with van der Waals surface area (Å²) < 4.78 is 63.8. The quantitative estimate of drug-likeness (QED) is 0.628. The highest BCUT2D eigenvalue weighted by Crippen LogP contribution is 2.24. The molecule has 0 unspecified atom stereocenters. The van der Waals surface area contributed by atoms with Crippen molar-refractivity contribution in [1.29, 1.82) is 0 Å². The number of amides is 1. The van der Waals surface area contributed by atoms with Crippen molar-refractivity contribution in [3.63, 3.8) is 0 Å². The zero-order chi connectivity index (χ0) is 21.2. The average Bonchev–Trinajstić information content (AvgIpc) is 2.66. The molecule has 2 N–H and O–H groups in total. The van der Waals surface area contributed by atoms with Crippen LogP contribution in [0.15, 0.2) is 53.4 Å². The lowest BCUT2D eigenvalue weighted by molar-refractivity contribution is -0.123. The van der Waals surface area contributed by atoms with E-state index in [1.165, 1.54) is 0 Å². The molecule has 0 saturated carbocycles. The SMILES string of the molecule is O=C(NCC(F)(F)F)c1ccc(S(=O)(=O)Nc2nc3ccccc3nc2Cl)cc1. The Bertz CT molecular complexity index is 1170. The molecule has 0 atom stereocenters. The molecule has 3 rings (SSSR count). The van der Waals surface area contributed by atoms with Crippen molar-refractivity contribution >= 4 is 44.4 Å². The third-order valence-corrected chi connectivity index (χ3v) is 5.25. The molecule has 1 aromatic heterocycles. The van der Waals surface area contributed by atoms with Crippen molar-refractivity contribution in [2.24, 2.45) is 0 Å². The number of carbonyl (C=O) groups is 1. The zero-order valence-corrected chi connectivity index (χ0v) is 15.9. The fourth-order valence-electron chi connectivity index (χ4n) is 2.30. The van der Waals surface area contributed by atoms with E-state index in [0.717, 1.165) is 24.3 Å². The van der Waals surface area contributed by atoms with E-state index >= 15 is 0 Å². The van der Waals surface area contributed by atoms with Crippen LogP contribution in [0.1, 0.15) is 10.4 Å². The van der Waals surface area contributed by atoms with Crippen LogP contribution < -0.4 is 10.0 Å². The number of carbonyl (C=O) groups excluding carboxylic acids is 1. The van der Waals surface area contributed by atoms with E-state index in [4.69, 9.17) is 11.6 Å². The molecule has 7 nitrogen and oxygen atoms in total. The molecule has 0 aliphatic carbocycles. The Morgan fingerprint density at radius 3 is 2.17 bits per heavy atom. The number of nitrogens with zero attached hydrogens (tertiary/aromatic N) is 2. The van der Waals surface area contributed by atoms with Gasteiger partial charge in [-0.25, -0.2) is 18.4 Å². The second kappa shape index (κ2) is 7.84. The van der Waals surface area contributed by atoms with Gasteiger partial charge < -0.3 is 5.32 Å². The van der Waals surface area contributed by atoms with Crippen LogP contribution in [-0.4, -0.2) is 37.0 Å². The molecule has 0 radical (unpaired) electrons. The lowest BCUT2D eigenvalue weighted by Gasteiger charge is -2.11. The molecule has 1 amide bonds. The number of benzene rings is 2. The maximum atomic E-state index is 12.5. The second-order valence-corrected chi connectivity index (χ2v) is 7.82. The molecule has 152 valence electrons. The number of nitrogens with one attached hydrogen (secondary N) is 2. The van der Waals surface area contributed by atoms with Crippen molar-refractivity contribution < 1.29 is 26.4 Å². The number of para-hydroxylation sites is 2. The molecule has 2 aromatic carbocycles. The Kier molecular flexibility index (Phi) is 5.62. The summed E-state index contributed by atoms with van der Waals surface area (Å²) in [4.78, 5) is 19.6. The van der Waals surface area contributed by atoms with Crippen LogP contribution in [0.5, 0.6) is 0 Å². The van der Waals surface area contributed by atoms with Gasteiger partial charge in [0.2, 0.25) is 0 Å². The van der Waals surface area contributed by atoms with Crippen LogP contribution >= 0.6 is 11.6 Å². The first-order chi connectivity index (χ1) is 13.5. The Morgan fingerprint density at radius 2 is 1.59 bits per heavy atom. The minimum Gasteiger partial charge on any atom is -0.343 e. The third-order valence-electron chi connectivity index (χ3n) is 3.64. The van der Waals surface area contributed by atoms with Crippen molar-refractivity contribution in [2.45, 2.75) is 11.1 Å². The van der Waals surface area contributed by atoms with Gasteiger partial charge in [-0.15, -0.1) is 0 Å². The summed E-state index contributed by atoms with van der Waals surface area (Å²) in [6.45, 7) is -1.49. The van der Waals surface area contributed by atoms with Gasteiger partial charge in [-0.05, 0) is 36.4 Å². The molecule has 12 heteroatoms. The van der Waals surface area contributed by atoms with Gasteiger partial charge in [-0.3, -0.25) is 9.52 Å². The number of halogens is 4. The summed E-state index contributed by atoms with van der Waals surface area (Å²) in [5.74, 6) is -1.17. The summed E-state index contributed by atoms with van der Waals surface area (Å²) in [6.07, 6.45) is -4.55. The van der Waals surface area contributed by atoms with Gasteiger partial charge in [-0.2, -0.15) is 13.2 Å². The number of hydrogen-bond donors (Lipinski definition) is 2. The van der Waals surface area contributed by atoms with Crippen molar-refractivity contribution in [3.05, 3.63) is 59.2 Å². The standard InChI is InChI=1S/C17H12ClF3N4O3S/c18-14-15(24-13-4-2-1-3-12(13)23-14)25-29(27,28)11-7-5-10(6-8-11)16(26)22-9-17(19,20)21/h1-8H,9H2,(H,22,26)(H,24,25). The summed E-state index contributed by atoms with van der Waals surface area (Å²) in [6, 6.07) is 11.1. The van der Waals surface area contributed by atoms with Crippen molar-refractivity contribution in [2.75, 3.05) is 11.3 Å². The first-order valence-electron chi connectivity index (χ1n) is 7.95. The van der Waals surface area contributed by atoms with Gasteiger partial charge >= 0.3 is 6.18 Å². The molecule has 0 saturated heterocycles. The number of sulfonamides is 1. The lowest BCUT2D eigenvalue weighted by atomic mass is 10.2. The zero-order valence-electron chi connectivity index (χ0n) is 14.4. The molecule has 1 heterocycles. The summed E-state index contributed by atoms with van der Waals surface area (Å²) in [5.41, 5.74) is 0.776. The number of aromatic nitrogens is 2. The van der Waals surface area contributed by atoms with Crippen LogP contribution in [0.2, 0.25) is 5.15 Å². The summed E-state index contributed by atoms with van der Waals surface area (Å²) in [5, 5.41) is 1.54. The van der Waals surface area contributed by atoms with E-state index in [-0.39, 0.29) is 21.4 Å². The number of anilines is 1. The van der Waals surface area contributed by atoms with E-state index < -0.39 is 28.7 Å². The molecule has 0 aliphatic heterocycles. The predicted molar refractivity (Wildman–Crippen MR) is 100 cm³/mol. The highest BCUT2D eigenvalue weighted by atomic mass is 35.5. The third kappa shape index (κ3) is 5.12. The van der Waals surface area contributed by atoms with E-state index in [0.29, 0.717) is 11.0 Å². The first kappa shape index (κ1) is 20.8. The Balaban J connectivity index is 1.79. The van der Waals surface area contributed by atoms with Crippen LogP contribution in [-0.2, 0) is 10.0 Å². The van der Waals surface area contributed by atoms with Gasteiger partial charge in [0.25, 0.3) is 15.9 Å².